The second-order valence-electron chi connectivity index (χ2n) is 7.75. The van der Waals surface area contributed by atoms with Crippen molar-refractivity contribution >= 4 is 34.4 Å². The summed E-state index contributed by atoms with van der Waals surface area (Å²) in [5.74, 6) is 1.75. The van der Waals surface area contributed by atoms with Gasteiger partial charge in [0, 0.05) is 40.8 Å². The predicted octanol–water partition coefficient (Wildman–Crippen LogP) is 4.27. The van der Waals surface area contributed by atoms with Crippen molar-refractivity contribution in [2.75, 3.05) is 11.1 Å². The van der Waals surface area contributed by atoms with Gasteiger partial charge in [0.05, 0.1) is 11.9 Å². The Morgan fingerprint density at radius 3 is 2.90 bits per heavy atom. The van der Waals surface area contributed by atoms with Crippen molar-refractivity contribution in [2.45, 2.75) is 43.9 Å². The largest absolute Gasteiger partial charge is 0.360 e. The molecule has 4 aromatic rings. The van der Waals surface area contributed by atoms with Crippen LogP contribution in [0.1, 0.15) is 38.8 Å². The maximum Gasteiger partial charge on any atom is 0.235 e. The molecule has 8 nitrogen and oxygen atoms in total. The highest BCUT2D eigenvalue weighted by molar-refractivity contribution is 7.99. The molecule has 0 saturated heterocycles. The summed E-state index contributed by atoms with van der Waals surface area (Å²) < 4.78 is 3.98. The average Bonchev–Trinajstić information content (AvgIpc) is 3.14. The third kappa shape index (κ3) is 3.49. The molecule has 0 aliphatic heterocycles. The number of para-hydroxylation sites is 1. The number of hydrogen-bond acceptors (Lipinski definition) is 5. The topological polar surface area (TPSA) is 93.4 Å². The molecular formula is C21H23N7OS. The predicted molar refractivity (Wildman–Crippen MR) is 118 cm³/mol. The van der Waals surface area contributed by atoms with Crippen LogP contribution < -0.4 is 5.32 Å². The Bertz CT molecular complexity index is 1200. The van der Waals surface area contributed by atoms with E-state index < -0.39 is 0 Å². The zero-order valence-corrected chi connectivity index (χ0v) is 17.7. The molecule has 9 heteroatoms. The van der Waals surface area contributed by atoms with Crippen molar-refractivity contribution in [2.24, 2.45) is 0 Å². The lowest BCUT2D eigenvalue weighted by Gasteiger charge is -2.12. The van der Waals surface area contributed by atoms with Gasteiger partial charge in [-0.2, -0.15) is 5.10 Å². The highest BCUT2D eigenvalue weighted by Crippen LogP contribution is 2.42. The summed E-state index contributed by atoms with van der Waals surface area (Å²) in [5, 5.41) is 18.0. The van der Waals surface area contributed by atoms with Crippen molar-refractivity contribution in [3.63, 3.8) is 0 Å². The molecule has 1 aliphatic carbocycles. The highest BCUT2D eigenvalue weighted by Gasteiger charge is 2.31. The van der Waals surface area contributed by atoms with Crippen molar-refractivity contribution < 1.29 is 4.79 Å². The van der Waals surface area contributed by atoms with Crippen LogP contribution in [0.5, 0.6) is 0 Å². The minimum atomic E-state index is -0.0820. The van der Waals surface area contributed by atoms with E-state index in [9.17, 15) is 4.79 Å². The van der Waals surface area contributed by atoms with Crippen LogP contribution in [-0.2, 0) is 4.79 Å². The van der Waals surface area contributed by atoms with Gasteiger partial charge in [0.15, 0.2) is 11.0 Å². The minimum absolute atomic E-state index is 0.0820. The monoisotopic (exact) mass is 421 g/mol. The van der Waals surface area contributed by atoms with Crippen LogP contribution >= 0.6 is 11.8 Å². The lowest BCUT2D eigenvalue weighted by atomic mass is 10.1. The average molecular weight is 422 g/mol. The summed E-state index contributed by atoms with van der Waals surface area (Å²) in [5.41, 5.74) is 2.12. The van der Waals surface area contributed by atoms with Crippen LogP contribution in [0.2, 0.25) is 0 Å². The van der Waals surface area contributed by atoms with E-state index in [1.54, 1.807) is 10.9 Å². The van der Waals surface area contributed by atoms with Crippen LogP contribution in [-0.4, -0.2) is 41.2 Å². The number of aromatic amines is 1. The molecule has 1 aromatic carbocycles. The molecule has 0 unspecified atom stereocenters. The van der Waals surface area contributed by atoms with Crippen molar-refractivity contribution in [1.29, 1.82) is 0 Å². The maximum absolute atomic E-state index is 12.5. The quantitative estimate of drug-likeness (QED) is 0.435. The van der Waals surface area contributed by atoms with Gasteiger partial charge in [-0.05, 0) is 32.8 Å². The number of carbonyl (C=O) groups excluding carboxylic acids is 1. The Labute approximate surface area is 178 Å². The third-order valence-corrected chi connectivity index (χ3v) is 6.11. The van der Waals surface area contributed by atoms with Gasteiger partial charge >= 0.3 is 0 Å². The molecule has 154 valence electrons. The normalized spacial score (nSPS) is 14.0. The Morgan fingerprint density at radius 1 is 1.27 bits per heavy atom. The maximum atomic E-state index is 12.5. The molecule has 0 bridgehead atoms. The number of H-pyrrole nitrogens is 1. The van der Waals surface area contributed by atoms with Crippen LogP contribution in [0.4, 0.5) is 5.82 Å². The zero-order valence-electron chi connectivity index (χ0n) is 16.9. The summed E-state index contributed by atoms with van der Waals surface area (Å²) in [6.45, 7) is 4.06. The molecule has 2 N–H and O–H groups in total. The standard InChI is InChI=1S/C21H23N7OS/c1-13(2)28-18(9-10-23-28)24-19(29)12-30-21-26-25-20(27(21)14-7-8-14)16-11-22-17-6-4-3-5-15(16)17/h3-6,9-11,13-14,22H,7-8,12H2,1-2H3,(H,24,29). The number of thioether (sulfide) groups is 1. The second-order valence-corrected chi connectivity index (χ2v) is 8.69. The first-order valence-electron chi connectivity index (χ1n) is 10.1. The van der Waals surface area contributed by atoms with Gasteiger partial charge in [0.1, 0.15) is 5.82 Å². The smallest absolute Gasteiger partial charge is 0.235 e. The van der Waals surface area contributed by atoms with Crippen molar-refractivity contribution in [3.8, 4) is 11.4 Å². The van der Waals surface area contributed by atoms with Gasteiger partial charge in [-0.3, -0.25) is 9.36 Å². The van der Waals surface area contributed by atoms with E-state index in [0.717, 1.165) is 40.3 Å². The molecule has 30 heavy (non-hydrogen) atoms. The number of anilines is 1. The Hall–Kier alpha value is -3.07. The molecule has 3 heterocycles. The first-order valence-corrected chi connectivity index (χ1v) is 11.1. The molecule has 3 aromatic heterocycles. The molecule has 5 rings (SSSR count). The molecule has 1 amide bonds. The van der Waals surface area contributed by atoms with Gasteiger partial charge in [0.25, 0.3) is 0 Å². The Morgan fingerprint density at radius 2 is 2.10 bits per heavy atom. The fraction of sp³-hybridized carbons (Fsp3) is 0.333. The fourth-order valence-corrected chi connectivity index (χ4v) is 4.42. The zero-order chi connectivity index (χ0) is 20.7. The van der Waals surface area contributed by atoms with Gasteiger partial charge < -0.3 is 10.3 Å². The Kier molecular flexibility index (Phi) is 4.82. The molecular weight excluding hydrogens is 398 g/mol. The minimum Gasteiger partial charge on any atom is -0.360 e. The molecule has 0 atom stereocenters. The number of fused-ring (bicyclic) bond motifs is 1. The molecule has 0 spiro atoms. The van der Waals surface area contributed by atoms with E-state index in [0.29, 0.717) is 11.9 Å². The molecule has 1 saturated carbocycles. The van der Waals surface area contributed by atoms with Crippen LogP contribution in [0, 0.1) is 0 Å². The molecule has 1 aliphatic rings. The van der Waals surface area contributed by atoms with E-state index in [2.05, 4.69) is 42.3 Å². The van der Waals surface area contributed by atoms with E-state index in [-0.39, 0.29) is 17.7 Å². The number of hydrogen-bond donors (Lipinski definition) is 2. The van der Waals surface area contributed by atoms with Gasteiger partial charge in [-0.1, -0.05) is 30.0 Å². The number of amides is 1. The summed E-state index contributed by atoms with van der Waals surface area (Å²) in [7, 11) is 0. The van der Waals surface area contributed by atoms with E-state index in [4.69, 9.17) is 0 Å². The second kappa shape index (κ2) is 7.64. The lowest BCUT2D eigenvalue weighted by molar-refractivity contribution is -0.113. The number of aromatic nitrogens is 6. The van der Waals surface area contributed by atoms with Crippen LogP contribution in [0.15, 0.2) is 47.9 Å². The van der Waals surface area contributed by atoms with Crippen LogP contribution in [0.3, 0.4) is 0 Å². The summed E-state index contributed by atoms with van der Waals surface area (Å²) >= 11 is 1.42. The van der Waals surface area contributed by atoms with Crippen LogP contribution in [0.25, 0.3) is 22.3 Å². The molecule has 1 fully saturated rings. The van der Waals surface area contributed by atoms with Gasteiger partial charge in [-0.15, -0.1) is 10.2 Å². The number of nitrogens with one attached hydrogen (secondary N) is 2. The third-order valence-electron chi connectivity index (χ3n) is 5.17. The summed E-state index contributed by atoms with van der Waals surface area (Å²) in [4.78, 5) is 15.8. The first kappa shape index (κ1) is 18.9. The van der Waals surface area contributed by atoms with Crippen molar-refractivity contribution in [3.05, 3.63) is 42.7 Å². The molecule has 0 radical (unpaired) electrons. The number of rotatable bonds is 7. The first-order chi connectivity index (χ1) is 14.6. The Balaban J connectivity index is 1.36. The van der Waals surface area contributed by atoms with E-state index in [1.807, 2.05) is 38.2 Å². The summed E-state index contributed by atoms with van der Waals surface area (Å²) in [6, 6.07) is 10.6. The highest BCUT2D eigenvalue weighted by atomic mass is 32.2. The van der Waals surface area contributed by atoms with Gasteiger partial charge in [-0.25, -0.2) is 4.68 Å². The fourth-order valence-electron chi connectivity index (χ4n) is 3.61. The number of carbonyl (C=O) groups is 1. The van der Waals surface area contributed by atoms with E-state index >= 15 is 0 Å². The number of nitrogens with zero attached hydrogens (tertiary/aromatic N) is 5. The number of benzene rings is 1. The lowest BCUT2D eigenvalue weighted by Crippen LogP contribution is -2.18. The van der Waals surface area contributed by atoms with Gasteiger partial charge in [0.2, 0.25) is 5.91 Å². The van der Waals surface area contributed by atoms with Crippen molar-refractivity contribution in [1.82, 2.24) is 29.5 Å². The summed E-state index contributed by atoms with van der Waals surface area (Å²) in [6.07, 6.45) is 5.91. The SMILES string of the molecule is CC(C)n1nccc1NC(=O)CSc1nnc(-c2c[nH]c3ccccc23)n1C1CC1. The van der Waals surface area contributed by atoms with E-state index in [1.165, 1.54) is 11.8 Å².